The molecule has 1 atom stereocenters. The molecule has 0 radical (unpaired) electrons. The van der Waals surface area contributed by atoms with Crippen molar-refractivity contribution in [2.75, 3.05) is 12.9 Å². The van der Waals surface area contributed by atoms with Crippen molar-refractivity contribution in [3.63, 3.8) is 0 Å². The van der Waals surface area contributed by atoms with Crippen LogP contribution in [0.15, 0.2) is 59.0 Å². The summed E-state index contributed by atoms with van der Waals surface area (Å²) in [5.41, 5.74) is 2.07. The highest BCUT2D eigenvalue weighted by Gasteiger charge is 2.23. The summed E-state index contributed by atoms with van der Waals surface area (Å²) in [5, 5.41) is 2.84. The van der Waals surface area contributed by atoms with E-state index in [0.717, 1.165) is 5.56 Å². The summed E-state index contributed by atoms with van der Waals surface area (Å²) in [6.07, 6.45) is 1.35. The predicted molar refractivity (Wildman–Crippen MR) is 123 cm³/mol. The quantitative estimate of drug-likeness (QED) is 0.499. The van der Waals surface area contributed by atoms with E-state index in [2.05, 4.69) is 10.3 Å². The highest BCUT2D eigenvalue weighted by atomic mass is 32.2. The van der Waals surface area contributed by atoms with E-state index in [-0.39, 0.29) is 11.8 Å². The van der Waals surface area contributed by atoms with E-state index in [1.807, 2.05) is 37.3 Å². The molecule has 1 heterocycles. The Labute approximate surface area is 188 Å². The number of oxazole rings is 1. The van der Waals surface area contributed by atoms with Gasteiger partial charge in [-0.3, -0.25) is 4.79 Å². The zero-order valence-electron chi connectivity index (χ0n) is 18.5. The van der Waals surface area contributed by atoms with Crippen molar-refractivity contribution in [1.82, 2.24) is 10.3 Å². The monoisotopic (exact) mass is 456 g/mol. The number of amides is 1. The molecule has 0 fully saturated rings. The van der Waals surface area contributed by atoms with Gasteiger partial charge in [0.25, 0.3) is 0 Å². The molecule has 3 rings (SSSR count). The van der Waals surface area contributed by atoms with E-state index in [0.29, 0.717) is 41.5 Å². The van der Waals surface area contributed by atoms with Gasteiger partial charge in [-0.15, -0.1) is 0 Å². The first kappa shape index (κ1) is 23.5. The topological polar surface area (TPSA) is 98.5 Å². The Bertz CT molecular complexity index is 1160. The van der Waals surface area contributed by atoms with Gasteiger partial charge in [-0.25, -0.2) is 13.4 Å². The number of benzene rings is 2. The molecule has 32 heavy (non-hydrogen) atoms. The van der Waals surface area contributed by atoms with Crippen molar-refractivity contribution >= 4 is 15.7 Å². The van der Waals surface area contributed by atoms with Gasteiger partial charge in [0.2, 0.25) is 11.8 Å². The van der Waals surface area contributed by atoms with Gasteiger partial charge in [-0.1, -0.05) is 43.3 Å². The minimum absolute atomic E-state index is 0.131. The van der Waals surface area contributed by atoms with Gasteiger partial charge in [-0.05, 0) is 43.5 Å². The summed E-state index contributed by atoms with van der Waals surface area (Å²) >= 11 is 0. The number of methoxy groups -OCH3 is 1. The number of hydrogen-bond donors (Lipinski definition) is 1. The Morgan fingerprint density at radius 3 is 2.59 bits per heavy atom. The second kappa shape index (κ2) is 10.5. The van der Waals surface area contributed by atoms with Crippen LogP contribution in [-0.4, -0.2) is 38.2 Å². The van der Waals surface area contributed by atoms with Crippen LogP contribution in [-0.2, 0) is 26.8 Å². The third-order valence-corrected chi connectivity index (χ3v) is 6.52. The molecule has 3 aromatic rings. The van der Waals surface area contributed by atoms with E-state index in [1.54, 1.807) is 38.3 Å². The molecule has 0 spiro atoms. The van der Waals surface area contributed by atoms with Crippen LogP contribution in [0.1, 0.15) is 30.4 Å². The molecule has 8 heteroatoms. The largest absolute Gasteiger partial charge is 0.497 e. The fourth-order valence-electron chi connectivity index (χ4n) is 3.37. The van der Waals surface area contributed by atoms with Crippen molar-refractivity contribution in [1.29, 1.82) is 0 Å². The van der Waals surface area contributed by atoms with Crippen LogP contribution in [0.5, 0.6) is 5.75 Å². The smallest absolute Gasteiger partial charge is 0.235 e. The standard InChI is InChI=1S/C24H28N2O5S/c1-4-20(13-18-9-6-5-7-10-18)25-23(27)16-32(28,29)15-22-17(2)31-24(26-22)19-11-8-12-21(14-19)30-3/h5-12,14,20H,4,13,15-16H2,1-3H3,(H,25,27). The number of aryl methyl sites for hydroxylation is 1. The molecule has 0 saturated heterocycles. The van der Waals surface area contributed by atoms with Crippen molar-refractivity contribution in [2.24, 2.45) is 0 Å². The normalized spacial score (nSPS) is 12.3. The minimum Gasteiger partial charge on any atom is -0.497 e. The van der Waals surface area contributed by atoms with Gasteiger partial charge in [0.05, 0.1) is 18.6 Å². The second-order valence-corrected chi connectivity index (χ2v) is 9.71. The Morgan fingerprint density at radius 1 is 1.16 bits per heavy atom. The van der Waals surface area contributed by atoms with Gasteiger partial charge >= 0.3 is 0 Å². The Hall–Kier alpha value is -3.13. The third kappa shape index (κ3) is 6.43. The first-order chi connectivity index (χ1) is 15.3. The average Bonchev–Trinajstić information content (AvgIpc) is 3.13. The molecule has 1 N–H and O–H groups in total. The number of nitrogens with one attached hydrogen (secondary N) is 1. The van der Waals surface area contributed by atoms with Crippen molar-refractivity contribution in [2.45, 2.75) is 38.5 Å². The van der Waals surface area contributed by atoms with Gasteiger partial charge in [0.1, 0.15) is 17.3 Å². The Balaban J connectivity index is 1.64. The van der Waals surface area contributed by atoms with Crippen molar-refractivity contribution in [3.05, 3.63) is 71.6 Å². The number of hydrogen-bond acceptors (Lipinski definition) is 6. The SMILES string of the molecule is CCC(Cc1ccccc1)NC(=O)CS(=O)(=O)Cc1nc(-c2cccc(OC)c2)oc1C. The highest BCUT2D eigenvalue weighted by molar-refractivity contribution is 7.91. The summed E-state index contributed by atoms with van der Waals surface area (Å²) < 4.78 is 36.2. The summed E-state index contributed by atoms with van der Waals surface area (Å²) in [5.74, 6) is -0.117. The minimum atomic E-state index is -3.72. The van der Waals surface area contributed by atoms with Gasteiger partial charge in [0.15, 0.2) is 9.84 Å². The van der Waals surface area contributed by atoms with Gasteiger partial charge < -0.3 is 14.5 Å². The van der Waals surface area contributed by atoms with Crippen LogP contribution in [0.25, 0.3) is 11.5 Å². The summed E-state index contributed by atoms with van der Waals surface area (Å²) in [6.45, 7) is 3.62. The maximum absolute atomic E-state index is 12.7. The van der Waals surface area contributed by atoms with E-state index in [1.165, 1.54) is 0 Å². The molecule has 2 aromatic carbocycles. The number of carbonyl (C=O) groups is 1. The lowest BCUT2D eigenvalue weighted by Crippen LogP contribution is -2.39. The van der Waals surface area contributed by atoms with E-state index < -0.39 is 21.5 Å². The number of sulfone groups is 1. The number of ether oxygens (including phenoxy) is 1. The molecule has 170 valence electrons. The second-order valence-electron chi connectivity index (χ2n) is 7.65. The Kier molecular flexibility index (Phi) is 7.69. The number of rotatable bonds is 10. The van der Waals surface area contributed by atoms with Crippen LogP contribution >= 0.6 is 0 Å². The molecule has 0 aliphatic carbocycles. The van der Waals surface area contributed by atoms with Crippen LogP contribution in [0.2, 0.25) is 0 Å². The van der Waals surface area contributed by atoms with Crippen LogP contribution in [0.3, 0.4) is 0 Å². The fourth-order valence-corrected chi connectivity index (χ4v) is 4.64. The first-order valence-corrected chi connectivity index (χ1v) is 12.3. The molecule has 1 unspecified atom stereocenters. The predicted octanol–water partition coefficient (Wildman–Crippen LogP) is 3.71. The molecule has 0 bridgehead atoms. The first-order valence-electron chi connectivity index (χ1n) is 10.4. The van der Waals surface area contributed by atoms with E-state index in [9.17, 15) is 13.2 Å². The lowest BCUT2D eigenvalue weighted by molar-refractivity contribution is -0.119. The molecule has 0 saturated carbocycles. The maximum atomic E-state index is 12.7. The lowest BCUT2D eigenvalue weighted by Gasteiger charge is -2.17. The highest BCUT2D eigenvalue weighted by Crippen LogP contribution is 2.26. The molecular formula is C24H28N2O5S. The van der Waals surface area contributed by atoms with Crippen molar-refractivity contribution in [3.8, 4) is 17.2 Å². The average molecular weight is 457 g/mol. The number of nitrogens with zero attached hydrogens (tertiary/aromatic N) is 1. The molecule has 0 aliphatic rings. The molecular weight excluding hydrogens is 428 g/mol. The zero-order valence-corrected chi connectivity index (χ0v) is 19.3. The summed E-state index contributed by atoms with van der Waals surface area (Å²) in [7, 11) is -2.16. The maximum Gasteiger partial charge on any atom is 0.235 e. The fraction of sp³-hybridized carbons (Fsp3) is 0.333. The van der Waals surface area contributed by atoms with Crippen molar-refractivity contribution < 1.29 is 22.4 Å². The summed E-state index contributed by atoms with van der Waals surface area (Å²) in [4.78, 5) is 16.8. The summed E-state index contributed by atoms with van der Waals surface area (Å²) in [6, 6.07) is 16.8. The van der Waals surface area contributed by atoms with Crippen LogP contribution in [0.4, 0.5) is 0 Å². The Morgan fingerprint density at radius 2 is 1.91 bits per heavy atom. The van der Waals surface area contributed by atoms with Gasteiger partial charge in [0, 0.05) is 11.6 Å². The van der Waals surface area contributed by atoms with Gasteiger partial charge in [-0.2, -0.15) is 0 Å². The van der Waals surface area contributed by atoms with Crippen LogP contribution in [0, 0.1) is 6.92 Å². The lowest BCUT2D eigenvalue weighted by atomic mass is 10.0. The molecule has 1 amide bonds. The number of aromatic nitrogens is 1. The molecule has 0 aliphatic heterocycles. The molecule has 7 nitrogen and oxygen atoms in total. The van der Waals surface area contributed by atoms with Crippen LogP contribution < -0.4 is 10.1 Å². The molecule has 1 aromatic heterocycles. The third-order valence-electron chi connectivity index (χ3n) is 5.10. The zero-order chi connectivity index (χ0) is 23.1. The van der Waals surface area contributed by atoms with E-state index in [4.69, 9.17) is 9.15 Å². The van der Waals surface area contributed by atoms with E-state index >= 15 is 0 Å². The number of carbonyl (C=O) groups excluding carboxylic acids is 1.